The molecule has 2 aromatic carbocycles. The van der Waals surface area contributed by atoms with Crippen LogP contribution in [0.15, 0.2) is 63.7 Å². The molecule has 0 aliphatic carbocycles. The molecule has 0 fully saturated rings. The summed E-state index contributed by atoms with van der Waals surface area (Å²) in [7, 11) is 1.97. The molecule has 0 saturated heterocycles. The highest BCUT2D eigenvalue weighted by molar-refractivity contribution is 8.08. The zero-order valence-electron chi connectivity index (χ0n) is 20.6. The Kier molecular flexibility index (Phi) is 8.32. The molecule has 0 unspecified atom stereocenters. The van der Waals surface area contributed by atoms with Gasteiger partial charge in [-0.1, -0.05) is 41.3 Å². The summed E-state index contributed by atoms with van der Waals surface area (Å²) < 4.78 is 47.9. The highest BCUT2D eigenvalue weighted by Crippen LogP contribution is 2.45. The molecule has 1 aliphatic heterocycles. The summed E-state index contributed by atoms with van der Waals surface area (Å²) in [6.45, 7) is 4.67. The van der Waals surface area contributed by atoms with Crippen LogP contribution >= 0.6 is 34.4 Å². The third kappa shape index (κ3) is 5.66. The predicted octanol–water partition coefficient (Wildman–Crippen LogP) is 1.67. The molecule has 5 nitrogen and oxygen atoms in total. The van der Waals surface area contributed by atoms with E-state index in [-0.39, 0.29) is 30.3 Å². The summed E-state index contributed by atoms with van der Waals surface area (Å²) in [5.74, 6) is -0.226. The minimum absolute atomic E-state index is 0. The lowest BCUT2D eigenvalue weighted by molar-refractivity contribution is -0.685. The molecule has 200 valence electrons. The van der Waals surface area contributed by atoms with E-state index in [0.29, 0.717) is 16.6 Å². The SMILES string of the molecule is CCn1c(=O)/c(=C2\Sc3cc(C)ccc3N2C)s/c1=C\c1scc[n+]1Cc1ccccc1OC(F)(F)F.[Cl-]. The number of alkyl halides is 3. The molecule has 0 N–H and O–H groups in total. The zero-order valence-corrected chi connectivity index (χ0v) is 23.8. The van der Waals surface area contributed by atoms with Crippen LogP contribution in [0.3, 0.4) is 0 Å². The summed E-state index contributed by atoms with van der Waals surface area (Å²) in [5.41, 5.74) is 2.59. The summed E-state index contributed by atoms with van der Waals surface area (Å²) in [5, 5.41) is 3.58. The van der Waals surface area contributed by atoms with Gasteiger partial charge in [-0.25, -0.2) is 0 Å². The van der Waals surface area contributed by atoms with Crippen LogP contribution in [0.1, 0.15) is 23.1 Å². The fourth-order valence-corrected chi connectivity index (χ4v) is 7.55. The Morgan fingerprint density at radius 2 is 1.92 bits per heavy atom. The second-order valence-corrected chi connectivity index (χ2v) is 11.4. The Morgan fingerprint density at radius 1 is 1.16 bits per heavy atom. The average Bonchev–Trinajstić information content (AvgIpc) is 3.50. The average molecular weight is 598 g/mol. The van der Waals surface area contributed by atoms with Gasteiger partial charge in [0.05, 0.1) is 22.7 Å². The van der Waals surface area contributed by atoms with Crippen molar-refractivity contribution in [1.29, 1.82) is 0 Å². The number of thioether (sulfide) groups is 1. The van der Waals surface area contributed by atoms with Crippen molar-refractivity contribution in [2.45, 2.75) is 38.2 Å². The van der Waals surface area contributed by atoms with Crippen molar-refractivity contribution in [1.82, 2.24) is 4.57 Å². The van der Waals surface area contributed by atoms with Crippen molar-refractivity contribution in [3.05, 3.63) is 89.7 Å². The summed E-state index contributed by atoms with van der Waals surface area (Å²) in [4.78, 5) is 16.6. The lowest BCUT2D eigenvalue weighted by Gasteiger charge is -2.12. The second kappa shape index (κ2) is 11.2. The Balaban J connectivity index is 0.00000336. The molecule has 0 saturated carbocycles. The molecule has 3 heterocycles. The van der Waals surface area contributed by atoms with Crippen molar-refractivity contribution in [3.63, 3.8) is 0 Å². The number of ether oxygens (including phenoxy) is 1. The Hall–Kier alpha value is -2.73. The van der Waals surface area contributed by atoms with Gasteiger partial charge in [-0.15, -0.1) is 24.5 Å². The maximum Gasteiger partial charge on any atom is 0.573 e. The van der Waals surface area contributed by atoms with Crippen LogP contribution in [-0.4, -0.2) is 18.0 Å². The van der Waals surface area contributed by atoms with E-state index < -0.39 is 6.36 Å². The number of halogens is 4. The van der Waals surface area contributed by atoms with Crippen LogP contribution < -0.4 is 41.4 Å². The highest BCUT2D eigenvalue weighted by Gasteiger charge is 2.32. The molecule has 1 aliphatic rings. The van der Waals surface area contributed by atoms with Gasteiger partial charge in [-0.2, -0.15) is 4.57 Å². The van der Waals surface area contributed by atoms with Crippen molar-refractivity contribution < 1.29 is 34.9 Å². The largest absolute Gasteiger partial charge is 1.00 e. The first-order valence-electron chi connectivity index (χ1n) is 11.4. The predicted molar refractivity (Wildman–Crippen MR) is 143 cm³/mol. The molecule has 0 spiro atoms. The normalized spacial score (nSPS) is 15.0. The molecule has 12 heteroatoms. The number of fused-ring (bicyclic) bond motifs is 1. The number of anilines is 1. The first-order chi connectivity index (χ1) is 17.6. The third-order valence-electron chi connectivity index (χ3n) is 5.91. The summed E-state index contributed by atoms with van der Waals surface area (Å²) in [6, 6.07) is 12.4. The lowest BCUT2D eigenvalue weighted by atomic mass is 10.2. The second-order valence-electron chi connectivity index (χ2n) is 8.43. The molecule has 0 atom stereocenters. The first kappa shape index (κ1) is 28.3. The number of thiazole rings is 2. The van der Waals surface area contributed by atoms with Gasteiger partial charge in [0.1, 0.15) is 20.0 Å². The van der Waals surface area contributed by atoms with Gasteiger partial charge in [0.15, 0.2) is 12.7 Å². The fourth-order valence-electron chi connectivity index (χ4n) is 4.14. The van der Waals surface area contributed by atoms with E-state index in [9.17, 15) is 18.0 Å². The van der Waals surface area contributed by atoms with Crippen LogP contribution in [0.25, 0.3) is 11.1 Å². The molecule has 5 rings (SSSR count). The zero-order chi connectivity index (χ0) is 26.3. The number of aryl methyl sites for hydroxylation is 1. The number of nitrogens with zero attached hydrogens (tertiary/aromatic N) is 3. The summed E-state index contributed by atoms with van der Waals surface area (Å²) in [6.07, 6.45) is -1.02. The number of hydrogen-bond donors (Lipinski definition) is 0. The van der Waals surface area contributed by atoms with E-state index in [4.69, 9.17) is 0 Å². The topological polar surface area (TPSA) is 38.4 Å². The van der Waals surface area contributed by atoms with Gasteiger partial charge >= 0.3 is 6.36 Å². The quantitative estimate of drug-likeness (QED) is 0.328. The number of para-hydroxylation sites is 1. The van der Waals surface area contributed by atoms with Crippen molar-refractivity contribution in [3.8, 4) is 5.75 Å². The lowest BCUT2D eigenvalue weighted by Crippen LogP contribution is -3.00. The van der Waals surface area contributed by atoms with Gasteiger partial charge in [-0.3, -0.25) is 9.36 Å². The van der Waals surface area contributed by atoms with Crippen LogP contribution in [0.2, 0.25) is 0 Å². The fraction of sp³-hybridized carbons (Fsp3) is 0.231. The van der Waals surface area contributed by atoms with E-state index in [1.54, 1.807) is 28.5 Å². The molecule has 0 bridgehead atoms. The van der Waals surface area contributed by atoms with E-state index in [1.165, 1.54) is 34.8 Å². The molecular formula is C26H23ClF3N3O2S3. The van der Waals surface area contributed by atoms with Gasteiger partial charge < -0.3 is 22.0 Å². The van der Waals surface area contributed by atoms with Crippen molar-refractivity contribution >= 4 is 51.2 Å². The Morgan fingerprint density at radius 3 is 2.66 bits per heavy atom. The third-order valence-corrected chi connectivity index (χ3v) is 9.23. The number of hydrogen-bond acceptors (Lipinski definition) is 6. The van der Waals surface area contributed by atoms with Crippen LogP contribution in [-0.2, 0) is 13.1 Å². The first-order valence-corrected chi connectivity index (χ1v) is 13.9. The van der Waals surface area contributed by atoms with E-state index in [2.05, 4.69) is 27.8 Å². The number of benzene rings is 2. The van der Waals surface area contributed by atoms with Gasteiger partial charge in [0, 0.05) is 18.5 Å². The van der Waals surface area contributed by atoms with E-state index in [1.807, 2.05) is 43.1 Å². The standard InChI is InChI=1S/C26H23F3N3O2S3.ClH/c1-4-32-22(37-23(24(32)33)25-30(3)18-10-9-16(2)13-20(18)36-25)14-21-31(11-12-35-21)15-17-7-5-6-8-19(17)34-26(27,28)29;/h5-14H,4,15H2,1-3H3;1H/q+1;/p-1/b25-23+;. The maximum absolute atomic E-state index is 13.4. The molecule has 4 aromatic rings. The Bertz CT molecular complexity index is 1660. The number of rotatable bonds is 5. The minimum atomic E-state index is -4.77. The van der Waals surface area contributed by atoms with Crippen LogP contribution in [0, 0.1) is 6.92 Å². The number of aromatic nitrogens is 2. The van der Waals surface area contributed by atoms with Gasteiger partial charge in [0.25, 0.3) is 10.6 Å². The van der Waals surface area contributed by atoms with Crippen molar-refractivity contribution in [2.24, 2.45) is 0 Å². The molecule has 2 aromatic heterocycles. The maximum atomic E-state index is 13.4. The smallest absolute Gasteiger partial charge is 0.573 e. The van der Waals surface area contributed by atoms with Crippen molar-refractivity contribution in [2.75, 3.05) is 11.9 Å². The molecule has 0 amide bonds. The molecule has 0 radical (unpaired) electrons. The molecule has 38 heavy (non-hydrogen) atoms. The highest BCUT2D eigenvalue weighted by atomic mass is 35.5. The van der Waals surface area contributed by atoms with E-state index >= 15 is 0 Å². The Labute approximate surface area is 235 Å². The minimum Gasteiger partial charge on any atom is -1.00 e. The van der Waals surface area contributed by atoms with Crippen LogP contribution in [0.4, 0.5) is 18.9 Å². The van der Waals surface area contributed by atoms with E-state index in [0.717, 1.165) is 30.8 Å². The monoisotopic (exact) mass is 597 g/mol. The van der Waals surface area contributed by atoms with Gasteiger partial charge in [-0.05, 0) is 43.7 Å². The molecular weight excluding hydrogens is 575 g/mol. The van der Waals surface area contributed by atoms with Crippen LogP contribution in [0.5, 0.6) is 5.75 Å². The summed E-state index contributed by atoms with van der Waals surface area (Å²) >= 11 is 4.47. The van der Waals surface area contributed by atoms with Gasteiger partial charge in [0.2, 0.25) is 0 Å².